The first-order valence-electron chi connectivity index (χ1n) is 12.7. The Labute approximate surface area is 211 Å². The van der Waals surface area contributed by atoms with Crippen molar-refractivity contribution in [2.75, 3.05) is 16.8 Å². The van der Waals surface area contributed by atoms with Crippen molar-refractivity contribution >= 4 is 34.5 Å². The maximum absolute atomic E-state index is 11.9. The minimum absolute atomic E-state index is 0.219. The van der Waals surface area contributed by atoms with Gasteiger partial charge in [-0.05, 0) is 54.7 Å². The van der Waals surface area contributed by atoms with Crippen molar-refractivity contribution in [1.29, 1.82) is 0 Å². The highest BCUT2D eigenvalue weighted by Crippen LogP contribution is 2.38. The highest BCUT2D eigenvalue weighted by atomic mass is 16.4. The second-order valence-electron chi connectivity index (χ2n) is 9.91. The zero-order chi connectivity index (χ0) is 25.1. The van der Waals surface area contributed by atoms with Crippen LogP contribution in [0.5, 0.6) is 0 Å². The topological polar surface area (TPSA) is 91.5 Å². The molecule has 5 rings (SSSR count). The summed E-state index contributed by atoms with van der Waals surface area (Å²) in [6, 6.07) is 16.2. The Morgan fingerprint density at radius 3 is 2.69 bits per heavy atom. The molecule has 186 valence electrons. The lowest BCUT2D eigenvalue weighted by atomic mass is 9.92. The fraction of sp³-hybridized carbons (Fsp3) is 0.345. The van der Waals surface area contributed by atoms with E-state index in [2.05, 4.69) is 40.1 Å². The number of nitrogens with one attached hydrogen (secondary N) is 1. The van der Waals surface area contributed by atoms with Gasteiger partial charge in [-0.3, -0.25) is 4.98 Å². The van der Waals surface area contributed by atoms with E-state index in [-0.39, 0.29) is 5.56 Å². The van der Waals surface area contributed by atoms with Gasteiger partial charge in [0.1, 0.15) is 5.52 Å². The molecule has 0 unspecified atom stereocenters. The average Bonchev–Trinajstić information content (AvgIpc) is 3.30. The highest BCUT2D eigenvalue weighted by Gasteiger charge is 2.25. The molecule has 1 saturated carbocycles. The lowest BCUT2D eigenvalue weighted by Gasteiger charge is -2.38. The second kappa shape index (κ2) is 10.4. The molecule has 0 saturated heterocycles. The van der Waals surface area contributed by atoms with Crippen LogP contribution in [0.1, 0.15) is 56.3 Å². The van der Waals surface area contributed by atoms with Crippen molar-refractivity contribution in [1.82, 2.24) is 9.97 Å². The summed E-state index contributed by atoms with van der Waals surface area (Å²) in [7, 11) is 0. The number of aromatic nitrogens is 2. The Morgan fingerprint density at radius 1 is 1.14 bits per heavy atom. The predicted molar refractivity (Wildman–Crippen MR) is 143 cm³/mol. The number of para-hydroxylation sites is 2. The number of carbonyl (C=O) groups is 1. The molecule has 0 spiro atoms. The van der Waals surface area contributed by atoms with Gasteiger partial charge >= 0.3 is 5.97 Å². The number of pyridine rings is 1. The Bertz CT molecular complexity index is 1320. The molecule has 36 heavy (non-hydrogen) atoms. The van der Waals surface area contributed by atoms with E-state index in [4.69, 9.17) is 4.42 Å². The van der Waals surface area contributed by atoms with E-state index in [9.17, 15) is 9.90 Å². The van der Waals surface area contributed by atoms with E-state index >= 15 is 0 Å². The number of fused-ring (bicyclic) bond motifs is 1. The monoisotopic (exact) mass is 484 g/mol. The standard InChI is InChI=1S/C29H32N4O3/c1-19(2)18-33(21-8-4-3-5-9-21)26-13-12-20(23-17-30-15-14-22(23)28(34)35)16-25(26)32-29-31-24-10-6-7-11-27(24)36-29/h6-7,10-17,19,21H,3-5,8-9,18H2,1-2H3,(H,31,32)(H,34,35). The summed E-state index contributed by atoms with van der Waals surface area (Å²) in [6.07, 6.45) is 9.22. The summed E-state index contributed by atoms with van der Waals surface area (Å²) < 4.78 is 5.99. The van der Waals surface area contributed by atoms with Crippen LogP contribution in [0.3, 0.4) is 0 Å². The van der Waals surface area contributed by atoms with Crippen molar-refractivity contribution in [3.63, 3.8) is 0 Å². The van der Waals surface area contributed by atoms with Gasteiger partial charge in [-0.1, -0.05) is 51.3 Å². The number of carboxylic acids is 1. The molecule has 1 aliphatic rings. The zero-order valence-electron chi connectivity index (χ0n) is 20.8. The molecule has 0 aliphatic heterocycles. The smallest absolute Gasteiger partial charge is 0.336 e. The Kier molecular flexibility index (Phi) is 6.89. The van der Waals surface area contributed by atoms with E-state index in [0.29, 0.717) is 29.1 Å². The van der Waals surface area contributed by atoms with Gasteiger partial charge in [0.2, 0.25) is 0 Å². The number of oxazole rings is 1. The van der Waals surface area contributed by atoms with Crippen molar-refractivity contribution in [3.8, 4) is 11.1 Å². The normalized spacial score (nSPS) is 14.3. The van der Waals surface area contributed by atoms with Crippen LogP contribution in [0.2, 0.25) is 0 Å². The van der Waals surface area contributed by atoms with Crippen molar-refractivity contribution in [3.05, 3.63) is 66.5 Å². The highest BCUT2D eigenvalue weighted by molar-refractivity contribution is 5.96. The molecule has 7 heteroatoms. The molecular formula is C29H32N4O3. The molecule has 2 aromatic carbocycles. The molecule has 4 aromatic rings. The van der Waals surface area contributed by atoms with Gasteiger partial charge in [-0.25, -0.2) is 4.79 Å². The number of benzene rings is 2. The lowest BCUT2D eigenvalue weighted by Crippen LogP contribution is -2.39. The van der Waals surface area contributed by atoms with Crippen LogP contribution in [0.4, 0.5) is 17.4 Å². The van der Waals surface area contributed by atoms with Gasteiger partial charge < -0.3 is 19.7 Å². The van der Waals surface area contributed by atoms with Crippen LogP contribution >= 0.6 is 0 Å². The molecule has 1 fully saturated rings. The third kappa shape index (κ3) is 5.05. The van der Waals surface area contributed by atoms with E-state index < -0.39 is 5.97 Å². The summed E-state index contributed by atoms with van der Waals surface area (Å²) >= 11 is 0. The number of anilines is 3. The molecule has 1 aliphatic carbocycles. The summed E-state index contributed by atoms with van der Waals surface area (Å²) in [5.74, 6) is -0.491. The zero-order valence-corrected chi connectivity index (χ0v) is 20.8. The van der Waals surface area contributed by atoms with E-state index in [0.717, 1.165) is 29.0 Å². The predicted octanol–water partition coefficient (Wildman–Crippen LogP) is 7.13. The van der Waals surface area contributed by atoms with Gasteiger partial charge in [0, 0.05) is 30.5 Å². The average molecular weight is 485 g/mol. The maximum atomic E-state index is 11.9. The third-order valence-corrected chi connectivity index (χ3v) is 6.78. The Morgan fingerprint density at radius 2 is 1.94 bits per heavy atom. The largest absolute Gasteiger partial charge is 0.478 e. The first-order chi connectivity index (χ1) is 17.5. The first-order valence-corrected chi connectivity index (χ1v) is 12.7. The van der Waals surface area contributed by atoms with Gasteiger partial charge in [0.25, 0.3) is 6.01 Å². The van der Waals surface area contributed by atoms with Crippen LogP contribution in [0.15, 0.2) is 65.3 Å². The SMILES string of the molecule is CC(C)CN(c1ccc(-c2cnccc2C(=O)O)cc1Nc1nc2ccccc2o1)C1CCCCC1. The number of hydrogen-bond acceptors (Lipinski definition) is 6. The lowest BCUT2D eigenvalue weighted by molar-refractivity contribution is 0.0697. The first kappa shape index (κ1) is 23.9. The number of nitrogens with zero attached hydrogens (tertiary/aromatic N) is 3. The van der Waals surface area contributed by atoms with Gasteiger partial charge in [-0.2, -0.15) is 4.98 Å². The third-order valence-electron chi connectivity index (χ3n) is 6.78. The van der Waals surface area contributed by atoms with E-state index in [1.54, 1.807) is 6.20 Å². The fourth-order valence-electron chi connectivity index (χ4n) is 5.14. The molecule has 0 amide bonds. The summed E-state index contributed by atoms with van der Waals surface area (Å²) in [5.41, 5.74) is 4.97. The van der Waals surface area contributed by atoms with Gasteiger partial charge in [0.05, 0.1) is 16.9 Å². The quantitative estimate of drug-likeness (QED) is 0.275. The van der Waals surface area contributed by atoms with Crippen molar-refractivity contribution in [2.24, 2.45) is 5.92 Å². The Hall–Kier alpha value is -3.87. The number of rotatable bonds is 8. The molecule has 0 atom stereocenters. The number of aromatic carboxylic acids is 1. The molecular weight excluding hydrogens is 452 g/mol. The Balaban J connectivity index is 1.61. The van der Waals surface area contributed by atoms with Crippen LogP contribution in [-0.4, -0.2) is 33.6 Å². The van der Waals surface area contributed by atoms with Crippen LogP contribution in [0.25, 0.3) is 22.2 Å². The van der Waals surface area contributed by atoms with Crippen LogP contribution in [-0.2, 0) is 0 Å². The minimum atomic E-state index is -0.978. The molecule has 7 nitrogen and oxygen atoms in total. The van der Waals surface area contributed by atoms with Gasteiger partial charge in [-0.15, -0.1) is 0 Å². The number of carboxylic acid groups (broad SMARTS) is 1. The molecule has 2 heterocycles. The number of hydrogen-bond donors (Lipinski definition) is 2. The summed E-state index contributed by atoms with van der Waals surface area (Å²) in [4.78, 5) is 23.2. The van der Waals surface area contributed by atoms with Crippen molar-refractivity contribution in [2.45, 2.75) is 52.0 Å². The molecule has 0 bridgehead atoms. The van der Waals surface area contributed by atoms with Crippen molar-refractivity contribution < 1.29 is 14.3 Å². The summed E-state index contributed by atoms with van der Waals surface area (Å²) in [5, 5.41) is 13.2. The molecule has 2 aromatic heterocycles. The minimum Gasteiger partial charge on any atom is -0.478 e. The molecule has 2 N–H and O–H groups in total. The summed E-state index contributed by atoms with van der Waals surface area (Å²) in [6.45, 7) is 5.42. The van der Waals surface area contributed by atoms with Crippen LogP contribution in [0, 0.1) is 5.92 Å². The van der Waals surface area contributed by atoms with Gasteiger partial charge in [0.15, 0.2) is 5.58 Å². The van der Waals surface area contributed by atoms with E-state index in [1.807, 2.05) is 36.4 Å². The van der Waals surface area contributed by atoms with Crippen LogP contribution < -0.4 is 10.2 Å². The maximum Gasteiger partial charge on any atom is 0.336 e. The van der Waals surface area contributed by atoms with E-state index in [1.165, 1.54) is 44.4 Å². The fourth-order valence-corrected chi connectivity index (χ4v) is 5.14. The second-order valence-corrected chi connectivity index (χ2v) is 9.91. The molecule has 0 radical (unpaired) electrons.